The molecular weight excluding hydrogens is 320 g/mol. The molecule has 0 bridgehead atoms. The van der Waals surface area contributed by atoms with E-state index in [0.29, 0.717) is 29.9 Å². The summed E-state index contributed by atoms with van der Waals surface area (Å²) < 4.78 is 1.60. The van der Waals surface area contributed by atoms with Crippen LogP contribution in [0, 0.1) is 5.92 Å². The van der Waals surface area contributed by atoms with Gasteiger partial charge in [-0.15, -0.1) is 0 Å². The number of hydrogen-bond acceptors (Lipinski definition) is 6. The molecule has 1 fully saturated rings. The molecule has 0 saturated carbocycles. The van der Waals surface area contributed by atoms with Gasteiger partial charge in [-0.2, -0.15) is 5.10 Å². The Labute approximate surface area is 144 Å². The largest absolute Gasteiger partial charge is 0.391 e. The number of likely N-dealkylation sites (tertiary alicyclic amines) is 1. The van der Waals surface area contributed by atoms with Crippen molar-refractivity contribution in [3.05, 3.63) is 52.5 Å². The molecule has 0 aromatic carbocycles. The van der Waals surface area contributed by atoms with Crippen molar-refractivity contribution in [3.63, 3.8) is 0 Å². The fraction of sp³-hybridized carbons (Fsp3) is 0.412. The highest BCUT2D eigenvalue weighted by molar-refractivity contribution is 5.72. The Kier molecular flexibility index (Phi) is 4.06. The zero-order chi connectivity index (χ0) is 17.4. The van der Waals surface area contributed by atoms with E-state index in [2.05, 4.69) is 25.0 Å². The van der Waals surface area contributed by atoms with E-state index in [1.807, 2.05) is 12.1 Å². The lowest BCUT2D eigenvalue weighted by molar-refractivity contribution is 0.141. The predicted octanol–water partition coefficient (Wildman–Crippen LogP) is 0.0870. The third-order valence-electron chi connectivity index (χ3n) is 4.75. The van der Waals surface area contributed by atoms with Gasteiger partial charge in [-0.1, -0.05) is 0 Å². The van der Waals surface area contributed by atoms with Gasteiger partial charge in [0.05, 0.1) is 18.8 Å². The minimum Gasteiger partial charge on any atom is -0.391 e. The summed E-state index contributed by atoms with van der Waals surface area (Å²) in [5, 5.41) is 14.9. The van der Waals surface area contributed by atoms with Crippen LogP contribution in [0.15, 0.2) is 35.5 Å². The molecule has 2 N–H and O–H groups in total. The number of nitrogens with zero attached hydrogens (tertiary/aromatic N) is 5. The van der Waals surface area contributed by atoms with E-state index in [1.165, 1.54) is 11.8 Å². The summed E-state index contributed by atoms with van der Waals surface area (Å²) in [5.74, 6) is 0.757. The van der Waals surface area contributed by atoms with Crippen LogP contribution in [-0.2, 0) is 20.0 Å². The highest BCUT2D eigenvalue weighted by Gasteiger charge is 2.31. The van der Waals surface area contributed by atoms with E-state index >= 15 is 0 Å². The van der Waals surface area contributed by atoms with E-state index in [9.17, 15) is 9.90 Å². The fourth-order valence-electron chi connectivity index (χ4n) is 3.46. The van der Waals surface area contributed by atoms with Gasteiger partial charge < -0.3 is 10.1 Å². The summed E-state index contributed by atoms with van der Waals surface area (Å²) in [5.41, 5.74) is 1.57. The van der Waals surface area contributed by atoms with Crippen molar-refractivity contribution in [2.45, 2.75) is 19.1 Å². The molecule has 0 unspecified atom stereocenters. The molecule has 0 radical (unpaired) electrons. The first-order valence-corrected chi connectivity index (χ1v) is 8.30. The van der Waals surface area contributed by atoms with Crippen LogP contribution in [0.4, 0.5) is 0 Å². The van der Waals surface area contributed by atoms with Crippen LogP contribution in [0.1, 0.15) is 11.4 Å². The maximum absolute atomic E-state index is 12.1. The van der Waals surface area contributed by atoms with Gasteiger partial charge in [0.1, 0.15) is 11.2 Å². The van der Waals surface area contributed by atoms with E-state index < -0.39 is 0 Å². The fourth-order valence-corrected chi connectivity index (χ4v) is 3.46. The van der Waals surface area contributed by atoms with E-state index in [0.717, 1.165) is 13.0 Å². The van der Waals surface area contributed by atoms with Crippen molar-refractivity contribution in [2.24, 2.45) is 13.0 Å². The average Bonchev–Trinajstić information content (AvgIpc) is 3.12. The lowest BCUT2D eigenvalue weighted by atomic mass is 9.97. The summed E-state index contributed by atoms with van der Waals surface area (Å²) in [6.07, 6.45) is 5.49. The monoisotopic (exact) mass is 340 g/mol. The Bertz CT molecular complexity index is 935. The van der Waals surface area contributed by atoms with Crippen LogP contribution in [0.2, 0.25) is 0 Å². The standard InChI is InChI=1S/C17H20N6O2/c1-22-16-13(7-19-22)17(25)21-15(20-16)10-23-8-12(14(24)9-23)6-11-2-4-18-5-3-11/h2-5,7,12,14,24H,6,8-10H2,1H3,(H,20,21,25)/t12-,14-/m1/s1. The van der Waals surface area contributed by atoms with Gasteiger partial charge in [-0.05, 0) is 24.1 Å². The van der Waals surface area contributed by atoms with Crippen molar-refractivity contribution >= 4 is 11.0 Å². The van der Waals surface area contributed by atoms with Crippen LogP contribution < -0.4 is 5.56 Å². The lowest BCUT2D eigenvalue weighted by Crippen LogP contribution is -2.24. The second-order valence-corrected chi connectivity index (χ2v) is 6.60. The van der Waals surface area contributed by atoms with Crippen molar-refractivity contribution in [1.82, 2.24) is 29.6 Å². The third-order valence-corrected chi connectivity index (χ3v) is 4.75. The highest BCUT2D eigenvalue weighted by Crippen LogP contribution is 2.22. The molecule has 1 saturated heterocycles. The van der Waals surface area contributed by atoms with E-state index in [4.69, 9.17) is 0 Å². The summed E-state index contributed by atoms with van der Waals surface area (Å²) in [4.78, 5) is 25.6. The second-order valence-electron chi connectivity index (χ2n) is 6.60. The molecule has 0 spiro atoms. The number of nitrogens with one attached hydrogen (secondary N) is 1. The quantitative estimate of drug-likeness (QED) is 0.698. The van der Waals surface area contributed by atoms with Gasteiger partial charge >= 0.3 is 0 Å². The predicted molar refractivity (Wildman–Crippen MR) is 91.8 cm³/mol. The van der Waals surface area contributed by atoms with E-state index in [-0.39, 0.29) is 17.6 Å². The van der Waals surface area contributed by atoms with Gasteiger partial charge in [-0.3, -0.25) is 19.4 Å². The SMILES string of the molecule is Cn1ncc2c(=O)[nH]c(CN3C[C@@H](Cc4ccncc4)[C@H](O)C3)nc21. The molecule has 3 aromatic heterocycles. The Morgan fingerprint density at radius 2 is 2.12 bits per heavy atom. The van der Waals surface area contributed by atoms with Gasteiger partial charge in [0.2, 0.25) is 0 Å². The molecule has 130 valence electrons. The maximum atomic E-state index is 12.1. The van der Waals surface area contributed by atoms with Crippen molar-refractivity contribution in [1.29, 1.82) is 0 Å². The Balaban J connectivity index is 1.48. The van der Waals surface area contributed by atoms with Crippen LogP contribution in [-0.4, -0.2) is 53.9 Å². The zero-order valence-electron chi connectivity index (χ0n) is 14.0. The highest BCUT2D eigenvalue weighted by atomic mass is 16.3. The summed E-state index contributed by atoms with van der Waals surface area (Å²) >= 11 is 0. The number of pyridine rings is 1. The first-order chi connectivity index (χ1) is 12.1. The first-order valence-electron chi connectivity index (χ1n) is 8.30. The molecule has 25 heavy (non-hydrogen) atoms. The average molecular weight is 340 g/mol. The minimum atomic E-state index is -0.389. The normalized spacial score (nSPS) is 21.2. The number of rotatable bonds is 4. The molecule has 4 rings (SSSR count). The number of aliphatic hydroxyl groups excluding tert-OH is 1. The minimum absolute atomic E-state index is 0.162. The van der Waals surface area contributed by atoms with Crippen molar-refractivity contribution < 1.29 is 5.11 Å². The third kappa shape index (κ3) is 3.18. The number of hydrogen-bond donors (Lipinski definition) is 2. The molecule has 0 aliphatic carbocycles. The molecule has 1 aliphatic rings. The molecular formula is C17H20N6O2. The Morgan fingerprint density at radius 1 is 1.32 bits per heavy atom. The number of aromatic amines is 1. The van der Waals surface area contributed by atoms with Crippen molar-refractivity contribution in [2.75, 3.05) is 13.1 Å². The topological polar surface area (TPSA) is 99.9 Å². The van der Waals surface area contributed by atoms with Gasteiger partial charge in [0.25, 0.3) is 5.56 Å². The smallest absolute Gasteiger partial charge is 0.262 e. The van der Waals surface area contributed by atoms with Gasteiger partial charge in [0.15, 0.2) is 5.65 Å². The lowest BCUT2D eigenvalue weighted by Gasteiger charge is -2.15. The number of fused-ring (bicyclic) bond motifs is 1. The Hall–Kier alpha value is -2.58. The van der Waals surface area contributed by atoms with E-state index in [1.54, 1.807) is 24.1 Å². The summed E-state index contributed by atoms with van der Waals surface area (Å²) in [7, 11) is 1.77. The number of aryl methyl sites for hydroxylation is 1. The molecule has 3 aromatic rings. The van der Waals surface area contributed by atoms with Crippen LogP contribution >= 0.6 is 0 Å². The molecule has 0 amide bonds. The molecule has 2 atom stereocenters. The van der Waals surface area contributed by atoms with Crippen LogP contribution in [0.5, 0.6) is 0 Å². The van der Waals surface area contributed by atoms with Gasteiger partial charge in [0, 0.05) is 38.4 Å². The Morgan fingerprint density at radius 3 is 2.92 bits per heavy atom. The van der Waals surface area contributed by atoms with Crippen LogP contribution in [0.3, 0.4) is 0 Å². The molecule has 4 heterocycles. The number of β-amino-alcohol motifs (C(OH)–C–C–N with tert-alkyl or cyclic N) is 1. The summed E-state index contributed by atoms with van der Waals surface area (Å²) in [6.45, 7) is 1.83. The van der Waals surface area contributed by atoms with Gasteiger partial charge in [-0.25, -0.2) is 4.98 Å². The molecule has 8 heteroatoms. The zero-order valence-corrected chi connectivity index (χ0v) is 14.0. The van der Waals surface area contributed by atoms with Crippen molar-refractivity contribution in [3.8, 4) is 0 Å². The second kappa shape index (κ2) is 6.38. The number of H-pyrrole nitrogens is 1. The maximum Gasteiger partial charge on any atom is 0.262 e. The number of aromatic nitrogens is 5. The molecule has 8 nitrogen and oxygen atoms in total. The number of aliphatic hydroxyl groups is 1. The molecule has 1 aliphatic heterocycles. The summed E-state index contributed by atoms with van der Waals surface area (Å²) in [6, 6.07) is 3.95. The van der Waals surface area contributed by atoms with Crippen LogP contribution in [0.25, 0.3) is 11.0 Å². The first kappa shape index (κ1) is 15.9.